The van der Waals surface area contributed by atoms with Gasteiger partial charge in [0.1, 0.15) is 5.60 Å². The number of ether oxygens (including phenoxy) is 3. The third-order valence-corrected chi connectivity index (χ3v) is 6.77. The van der Waals surface area contributed by atoms with Crippen LogP contribution < -0.4 is 5.32 Å². The number of benzene rings is 2. The van der Waals surface area contributed by atoms with Crippen LogP contribution in [0.4, 0.5) is 4.79 Å². The normalized spacial score (nSPS) is 15.6. The van der Waals surface area contributed by atoms with E-state index in [0.29, 0.717) is 55.4 Å². The van der Waals surface area contributed by atoms with Gasteiger partial charge in [0.15, 0.2) is 0 Å². The molecule has 12 heteroatoms. The molecule has 0 saturated heterocycles. The summed E-state index contributed by atoms with van der Waals surface area (Å²) in [4.78, 5) is 15.4. The smallest absolute Gasteiger partial charge is 0.407 e. The highest BCUT2D eigenvalue weighted by molar-refractivity contribution is 6.35. The van der Waals surface area contributed by atoms with Crippen LogP contribution in [0.15, 0.2) is 36.4 Å². The number of amides is 1. The fourth-order valence-corrected chi connectivity index (χ4v) is 5.06. The number of carbonyl (C=O) groups excluding carboxylic acids is 1. The third-order valence-electron chi connectivity index (χ3n) is 6.21. The van der Waals surface area contributed by atoms with Crippen molar-refractivity contribution in [2.75, 3.05) is 46.6 Å². The Labute approximate surface area is 244 Å². The fourth-order valence-electron chi connectivity index (χ4n) is 4.49. The Morgan fingerprint density at radius 1 is 1.10 bits per heavy atom. The van der Waals surface area contributed by atoms with Gasteiger partial charge in [-0.15, -0.1) is 10.2 Å². The van der Waals surface area contributed by atoms with Gasteiger partial charge in [-0.05, 0) is 67.9 Å². The first-order valence-corrected chi connectivity index (χ1v) is 14.0. The lowest BCUT2D eigenvalue weighted by Crippen LogP contribution is -2.34. The zero-order valence-electron chi connectivity index (χ0n) is 23.3. The van der Waals surface area contributed by atoms with Crippen LogP contribution in [0.3, 0.4) is 0 Å². The van der Waals surface area contributed by atoms with Crippen LogP contribution >= 0.6 is 23.2 Å². The molecule has 1 aliphatic rings. The highest BCUT2D eigenvalue weighted by Gasteiger charge is 2.27. The van der Waals surface area contributed by atoms with Gasteiger partial charge in [0.05, 0.1) is 33.0 Å². The predicted molar refractivity (Wildman–Crippen MR) is 154 cm³/mol. The van der Waals surface area contributed by atoms with Crippen molar-refractivity contribution < 1.29 is 19.0 Å². The zero-order chi connectivity index (χ0) is 28.7. The molecule has 1 N–H and O–H groups in total. The number of nitrogens with zero attached hydrogens (tertiary/aromatic N) is 5. The molecule has 1 aliphatic heterocycles. The van der Waals surface area contributed by atoms with Crippen molar-refractivity contribution in [1.82, 2.24) is 30.4 Å². The molecular formula is C28H36Cl2N6O4. The maximum Gasteiger partial charge on any atom is 0.407 e. The van der Waals surface area contributed by atoms with E-state index in [2.05, 4.69) is 44.8 Å². The molecule has 0 bridgehead atoms. The van der Waals surface area contributed by atoms with E-state index in [9.17, 15) is 4.79 Å². The van der Waals surface area contributed by atoms with Crippen molar-refractivity contribution in [2.45, 2.75) is 45.4 Å². The van der Waals surface area contributed by atoms with Gasteiger partial charge in [0.2, 0.25) is 5.82 Å². The van der Waals surface area contributed by atoms with Crippen LogP contribution in [0.25, 0.3) is 11.4 Å². The average Bonchev–Trinajstić information content (AvgIpc) is 3.36. The first-order valence-electron chi connectivity index (χ1n) is 13.3. The van der Waals surface area contributed by atoms with E-state index in [0.717, 1.165) is 35.3 Å². The van der Waals surface area contributed by atoms with E-state index in [1.54, 1.807) is 6.07 Å². The molecule has 1 atom stereocenters. The number of nitrogens with one attached hydrogen (secondary N) is 1. The Kier molecular flexibility index (Phi) is 10.4. The summed E-state index contributed by atoms with van der Waals surface area (Å²) in [5, 5.41) is 16.9. The van der Waals surface area contributed by atoms with Crippen molar-refractivity contribution in [1.29, 1.82) is 0 Å². The molecule has 0 radical (unpaired) electrons. The molecule has 0 fully saturated rings. The van der Waals surface area contributed by atoms with Crippen LogP contribution in [-0.2, 0) is 27.3 Å². The van der Waals surface area contributed by atoms with Crippen molar-refractivity contribution in [2.24, 2.45) is 0 Å². The van der Waals surface area contributed by atoms with Gasteiger partial charge >= 0.3 is 6.09 Å². The van der Waals surface area contributed by atoms with Crippen molar-refractivity contribution in [3.05, 3.63) is 63.1 Å². The van der Waals surface area contributed by atoms with E-state index in [-0.39, 0.29) is 5.92 Å². The number of rotatable bonds is 11. The minimum atomic E-state index is -0.522. The minimum absolute atomic E-state index is 0.128. The van der Waals surface area contributed by atoms with Gasteiger partial charge in [-0.1, -0.05) is 41.4 Å². The number of aromatic nitrogens is 4. The molecule has 0 aliphatic carbocycles. The number of halogens is 2. The second kappa shape index (κ2) is 13.7. The summed E-state index contributed by atoms with van der Waals surface area (Å²) < 4.78 is 16.3. The quantitative estimate of drug-likeness (QED) is 0.318. The number of hydrogen-bond donors (Lipinski definition) is 1. The Bertz CT molecular complexity index is 1300. The van der Waals surface area contributed by atoms with E-state index in [1.165, 1.54) is 4.80 Å². The summed E-state index contributed by atoms with van der Waals surface area (Å²) in [6, 6.07) is 12.0. The van der Waals surface area contributed by atoms with Crippen LogP contribution in [0.5, 0.6) is 0 Å². The predicted octanol–water partition coefficient (Wildman–Crippen LogP) is 4.78. The summed E-state index contributed by atoms with van der Waals surface area (Å²) in [5.74, 6) is 0.680. The molecule has 3 aromatic rings. The SMILES string of the molecule is CN1Cc2c(Cl)cc(Cl)cc2[C@H](c2cccc(-c3nnn(CCOCCOCCNC(=O)OC(C)(C)C)n3)c2)C1. The van der Waals surface area contributed by atoms with E-state index >= 15 is 0 Å². The first kappa shape index (κ1) is 30.2. The zero-order valence-corrected chi connectivity index (χ0v) is 24.8. The number of carbonyl (C=O) groups is 1. The summed E-state index contributed by atoms with van der Waals surface area (Å²) in [5.41, 5.74) is 3.78. The molecule has 0 saturated carbocycles. The lowest BCUT2D eigenvalue weighted by Gasteiger charge is -2.33. The van der Waals surface area contributed by atoms with E-state index in [4.69, 9.17) is 37.4 Å². The van der Waals surface area contributed by atoms with Crippen molar-refractivity contribution >= 4 is 29.3 Å². The summed E-state index contributed by atoms with van der Waals surface area (Å²) >= 11 is 12.9. The summed E-state index contributed by atoms with van der Waals surface area (Å²) in [7, 11) is 2.09. The van der Waals surface area contributed by atoms with Gasteiger partial charge in [-0.2, -0.15) is 4.80 Å². The second-order valence-corrected chi connectivity index (χ2v) is 11.5. The van der Waals surface area contributed by atoms with Crippen molar-refractivity contribution in [3.8, 4) is 11.4 Å². The van der Waals surface area contributed by atoms with Gasteiger partial charge < -0.3 is 24.4 Å². The summed E-state index contributed by atoms with van der Waals surface area (Å²) in [6.45, 7) is 9.55. The lowest BCUT2D eigenvalue weighted by atomic mass is 9.84. The Hall–Kier alpha value is -2.76. The van der Waals surface area contributed by atoms with Gasteiger partial charge in [-0.3, -0.25) is 0 Å². The first-order chi connectivity index (χ1) is 19.1. The maximum absolute atomic E-state index is 11.6. The molecule has 0 unspecified atom stereocenters. The molecule has 2 aromatic carbocycles. The lowest BCUT2D eigenvalue weighted by molar-refractivity contribution is 0.0371. The molecule has 0 spiro atoms. The number of hydrogen-bond acceptors (Lipinski definition) is 8. The standard InChI is InChI=1S/C28H36Cl2N6O4/c1-28(2,3)40-27(37)31-8-10-38-12-13-39-11-9-36-33-26(32-34-36)20-7-5-6-19(14-20)23-17-35(4)18-24-22(23)15-21(29)16-25(24)30/h5-7,14-16,23H,8-13,17-18H2,1-4H3,(H,31,37)/t23-/m0/s1. The van der Waals surface area contributed by atoms with E-state index in [1.807, 2.05) is 39.0 Å². The molecule has 2 heterocycles. The Morgan fingerprint density at radius 2 is 1.88 bits per heavy atom. The Balaban J connectivity index is 1.24. The van der Waals surface area contributed by atoms with Crippen molar-refractivity contribution in [3.63, 3.8) is 0 Å². The minimum Gasteiger partial charge on any atom is -0.444 e. The highest BCUT2D eigenvalue weighted by Crippen LogP contribution is 2.39. The molecular weight excluding hydrogens is 555 g/mol. The fraction of sp³-hybridized carbons (Fsp3) is 0.500. The largest absolute Gasteiger partial charge is 0.444 e. The van der Waals surface area contributed by atoms with Crippen LogP contribution in [-0.4, -0.2) is 83.4 Å². The number of alkyl carbamates (subject to hydrolysis) is 1. The van der Waals surface area contributed by atoms with Crippen LogP contribution in [0.2, 0.25) is 10.0 Å². The third kappa shape index (κ3) is 8.62. The molecule has 4 rings (SSSR count). The average molecular weight is 592 g/mol. The van der Waals surface area contributed by atoms with Crippen LogP contribution in [0.1, 0.15) is 43.4 Å². The molecule has 40 heavy (non-hydrogen) atoms. The maximum atomic E-state index is 11.6. The van der Waals surface area contributed by atoms with E-state index < -0.39 is 11.7 Å². The summed E-state index contributed by atoms with van der Waals surface area (Å²) in [6.07, 6.45) is -0.458. The monoisotopic (exact) mass is 590 g/mol. The van der Waals surface area contributed by atoms with Gasteiger partial charge in [-0.25, -0.2) is 4.79 Å². The number of fused-ring (bicyclic) bond motifs is 1. The number of tetrazole rings is 1. The second-order valence-electron chi connectivity index (χ2n) is 10.7. The van der Waals surface area contributed by atoms with Gasteiger partial charge in [0.25, 0.3) is 0 Å². The molecule has 1 aromatic heterocycles. The molecule has 216 valence electrons. The topological polar surface area (TPSA) is 104 Å². The number of likely N-dealkylation sites (N-methyl/N-ethyl adjacent to an activating group) is 1. The van der Waals surface area contributed by atoms with Gasteiger partial charge in [0, 0.05) is 41.2 Å². The highest BCUT2D eigenvalue weighted by atomic mass is 35.5. The van der Waals surface area contributed by atoms with Crippen LogP contribution in [0, 0.1) is 0 Å². The molecule has 1 amide bonds. The Morgan fingerprint density at radius 3 is 2.65 bits per heavy atom. The molecule has 10 nitrogen and oxygen atoms in total.